The fraction of sp³-hybridized carbons (Fsp3) is 0.533. The number of nitrogens with zero attached hydrogens (tertiary/aromatic N) is 1. The number of halogens is 2. The Morgan fingerprint density at radius 2 is 1.95 bits per heavy atom. The van der Waals surface area contributed by atoms with E-state index >= 15 is 0 Å². The van der Waals surface area contributed by atoms with Crippen molar-refractivity contribution in [1.29, 1.82) is 0 Å². The highest BCUT2D eigenvalue weighted by Gasteiger charge is 2.37. The van der Waals surface area contributed by atoms with E-state index < -0.39 is 0 Å². The van der Waals surface area contributed by atoms with Crippen molar-refractivity contribution in [3.05, 3.63) is 26.7 Å². The zero-order chi connectivity index (χ0) is 14.4. The Balaban J connectivity index is 2.30. The first kappa shape index (κ1) is 14.0. The molecule has 1 aromatic carbocycles. The van der Waals surface area contributed by atoms with E-state index in [1.165, 1.54) is 0 Å². The van der Waals surface area contributed by atoms with E-state index in [-0.39, 0.29) is 11.8 Å². The van der Waals surface area contributed by atoms with Crippen LogP contribution in [0.1, 0.15) is 35.4 Å². The van der Waals surface area contributed by atoms with Gasteiger partial charge in [0.05, 0.1) is 18.1 Å². The highest BCUT2D eigenvalue weighted by molar-refractivity contribution is 6.43. The summed E-state index contributed by atoms with van der Waals surface area (Å²) in [7, 11) is 3.46. The molecule has 0 bridgehead atoms. The Bertz CT molecular complexity index is 586. The van der Waals surface area contributed by atoms with Crippen molar-refractivity contribution in [3.8, 4) is 5.75 Å². The molecular formula is C15H17Cl2NO2. The number of carbonyl (C=O) groups excluding carboxylic acids is 1. The lowest BCUT2D eigenvalue weighted by Gasteiger charge is -2.29. The Kier molecular flexibility index (Phi) is 3.59. The lowest BCUT2D eigenvalue weighted by Crippen LogP contribution is -2.32. The third-order valence-electron chi connectivity index (χ3n) is 4.43. The van der Waals surface area contributed by atoms with Crippen LogP contribution in [0.5, 0.6) is 5.75 Å². The van der Waals surface area contributed by atoms with Gasteiger partial charge in [0.1, 0.15) is 10.8 Å². The van der Waals surface area contributed by atoms with Gasteiger partial charge in [-0.25, -0.2) is 0 Å². The normalized spacial score (nSPS) is 21.5. The van der Waals surface area contributed by atoms with Crippen molar-refractivity contribution in [1.82, 2.24) is 4.90 Å². The molecule has 3 rings (SSSR count). The van der Waals surface area contributed by atoms with Gasteiger partial charge in [0.2, 0.25) is 5.91 Å². The van der Waals surface area contributed by atoms with Crippen molar-refractivity contribution >= 4 is 29.1 Å². The van der Waals surface area contributed by atoms with Gasteiger partial charge in [-0.15, -0.1) is 0 Å². The van der Waals surface area contributed by atoms with E-state index in [4.69, 9.17) is 27.9 Å². The van der Waals surface area contributed by atoms with Gasteiger partial charge in [0.15, 0.2) is 0 Å². The summed E-state index contributed by atoms with van der Waals surface area (Å²) < 4.78 is 5.46. The number of hydrogen-bond acceptors (Lipinski definition) is 2. The van der Waals surface area contributed by atoms with Gasteiger partial charge in [0, 0.05) is 19.2 Å². The minimum atomic E-state index is -0.0927. The molecule has 0 saturated carbocycles. The first-order valence-corrected chi connectivity index (χ1v) is 7.63. The summed E-state index contributed by atoms with van der Waals surface area (Å²) in [6.45, 7) is 0.685. The van der Waals surface area contributed by atoms with Crippen LogP contribution in [0.4, 0.5) is 0 Å². The van der Waals surface area contributed by atoms with Crippen LogP contribution < -0.4 is 4.74 Å². The first-order chi connectivity index (χ1) is 9.56. The summed E-state index contributed by atoms with van der Waals surface area (Å²) in [6, 6.07) is 0. The molecule has 0 N–H and O–H groups in total. The Hall–Kier alpha value is -0.930. The van der Waals surface area contributed by atoms with Crippen LogP contribution >= 0.6 is 23.2 Å². The maximum atomic E-state index is 12.5. The molecule has 5 heteroatoms. The molecule has 1 heterocycles. The molecular weight excluding hydrogens is 297 g/mol. The summed E-state index contributed by atoms with van der Waals surface area (Å²) >= 11 is 12.8. The number of amides is 1. The van der Waals surface area contributed by atoms with Gasteiger partial charge in [-0.1, -0.05) is 23.2 Å². The fourth-order valence-electron chi connectivity index (χ4n) is 3.44. The minimum Gasteiger partial charge on any atom is -0.495 e. The van der Waals surface area contributed by atoms with E-state index in [0.29, 0.717) is 22.3 Å². The number of carbonyl (C=O) groups is 1. The van der Waals surface area contributed by atoms with Crippen LogP contribution in [0, 0.1) is 0 Å². The molecule has 0 spiro atoms. The third-order valence-corrected chi connectivity index (χ3v) is 5.30. The predicted molar refractivity (Wildman–Crippen MR) is 80.0 cm³/mol. The summed E-state index contributed by atoms with van der Waals surface area (Å²) in [4.78, 5) is 14.3. The SMILES string of the molecule is COc1c(Cl)c(Cl)c2c3c1CCCC3C(=O)N(C)CC2. The number of methoxy groups -OCH3 is 1. The summed E-state index contributed by atoms with van der Waals surface area (Å²) in [6.07, 6.45) is 3.51. The van der Waals surface area contributed by atoms with Crippen LogP contribution in [-0.4, -0.2) is 31.5 Å². The van der Waals surface area contributed by atoms with Crippen molar-refractivity contribution in [2.75, 3.05) is 20.7 Å². The van der Waals surface area contributed by atoms with E-state index in [9.17, 15) is 4.79 Å². The second kappa shape index (κ2) is 5.12. The molecule has 1 unspecified atom stereocenters. The Morgan fingerprint density at radius 1 is 1.20 bits per heavy atom. The monoisotopic (exact) mass is 313 g/mol. The fourth-order valence-corrected chi connectivity index (χ4v) is 4.03. The van der Waals surface area contributed by atoms with Crippen molar-refractivity contribution in [2.45, 2.75) is 31.6 Å². The van der Waals surface area contributed by atoms with Gasteiger partial charge in [-0.2, -0.15) is 0 Å². The highest BCUT2D eigenvalue weighted by atomic mass is 35.5. The molecule has 0 aromatic heterocycles. The topological polar surface area (TPSA) is 29.5 Å². The van der Waals surface area contributed by atoms with Crippen LogP contribution in [0.3, 0.4) is 0 Å². The summed E-state index contributed by atoms with van der Waals surface area (Å²) in [5, 5.41) is 1.04. The van der Waals surface area contributed by atoms with E-state index in [2.05, 4.69) is 0 Å². The maximum Gasteiger partial charge on any atom is 0.229 e. The molecule has 1 aromatic rings. The number of rotatable bonds is 1. The Morgan fingerprint density at radius 3 is 2.65 bits per heavy atom. The Labute approximate surface area is 128 Å². The number of hydrogen-bond donors (Lipinski definition) is 0. The molecule has 3 nitrogen and oxygen atoms in total. The van der Waals surface area contributed by atoms with Gasteiger partial charge in [-0.3, -0.25) is 4.79 Å². The first-order valence-electron chi connectivity index (χ1n) is 6.87. The molecule has 20 heavy (non-hydrogen) atoms. The average molecular weight is 314 g/mol. The smallest absolute Gasteiger partial charge is 0.229 e. The average Bonchev–Trinajstić information content (AvgIpc) is 2.58. The lowest BCUT2D eigenvalue weighted by molar-refractivity contribution is -0.131. The van der Waals surface area contributed by atoms with Crippen LogP contribution in [0.2, 0.25) is 10.0 Å². The van der Waals surface area contributed by atoms with Crippen LogP contribution in [0.15, 0.2) is 0 Å². The number of benzene rings is 1. The van der Waals surface area contributed by atoms with Crippen molar-refractivity contribution in [2.24, 2.45) is 0 Å². The van der Waals surface area contributed by atoms with E-state index in [1.807, 2.05) is 7.05 Å². The molecule has 0 radical (unpaired) electrons. The van der Waals surface area contributed by atoms with Crippen LogP contribution in [0.25, 0.3) is 0 Å². The van der Waals surface area contributed by atoms with Crippen molar-refractivity contribution in [3.63, 3.8) is 0 Å². The van der Waals surface area contributed by atoms with E-state index in [0.717, 1.165) is 42.4 Å². The largest absolute Gasteiger partial charge is 0.495 e. The molecule has 0 fully saturated rings. The van der Waals surface area contributed by atoms with E-state index in [1.54, 1.807) is 12.0 Å². The standard InChI is InChI=1S/C15H17Cl2NO2/c1-18-7-6-8-11-9(4-3-5-10(11)15(18)19)14(20-2)13(17)12(8)16/h10H,3-7H2,1-2H3. The molecule has 1 aliphatic carbocycles. The van der Waals surface area contributed by atoms with Gasteiger partial charge >= 0.3 is 0 Å². The second-order valence-corrected chi connectivity index (χ2v) is 6.24. The summed E-state index contributed by atoms with van der Waals surface area (Å²) in [5.74, 6) is 0.743. The van der Waals surface area contributed by atoms with Crippen LogP contribution in [-0.2, 0) is 17.6 Å². The number of likely N-dealkylation sites (N-methyl/N-ethyl adjacent to an activating group) is 1. The quantitative estimate of drug-likeness (QED) is 0.795. The summed E-state index contributed by atoms with van der Waals surface area (Å²) in [5.41, 5.74) is 3.20. The van der Waals surface area contributed by atoms with Gasteiger partial charge in [-0.05, 0) is 36.8 Å². The molecule has 108 valence electrons. The molecule has 0 saturated heterocycles. The lowest BCUT2D eigenvalue weighted by atomic mass is 9.79. The molecule has 1 atom stereocenters. The third kappa shape index (κ3) is 1.91. The second-order valence-electron chi connectivity index (χ2n) is 5.49. The zero-order valence-corrected chi connectivity index (χ0v) is 13.1. The maximum absolute atomic E-state index is 12.5. The van der Waals surface area contributed by atoms with Gasteiger partial charge in [0.25, 0.3) is 0 Å². The van der Waals surface area contributed by atoms with Gasteiger partial charge < -0.3 is 9.64 Å². The zero-order valence-electron chi connectivity index (χ0n) is 11.6. The number of ether oxygens (including phenoxy) is 1. The molecule has 1 aliphatic heterocycles. The molecule has 2 aliphatic rings. The molecule has 1 amide bonds. The minimum absolute atomic E-state index is 0.0927. The highest BCUT2D eigenvalue weighted by Crippen LogP contribution is 2.48. The predicted octanol–water partition coefficient (Wildman–Crippen LogP) is 3.44. The van der Waals surface area contributed by atoms with Crippen molar-refractivity contribution < 1.29 is 9.53 Å².